The molecular weight excluding hydrogens is 382 g/mol. The summed E-state index contributed by atoms with van der Waals surface area (Å²) in [5.74, 6) is 6.07. The van der Waals surface area contributed by atoms with E-state index in [2.05, 4.69) is 33.2 Å². The summed E-state index contributed by atoms with van der Waals surface area (Å²) in [6.45, 7) is 7.41. The summed E-state index contributed by atoms with van der Waals surface area (Å²) >= 11 is 0. The third kappa shape index (κ3) is 6.48. The van der Waals surface area contributed by atoms with Crippen molar-refractivity contribution < 1.29 is 19.0 Å². The molecule has 0 spiro atoms. The van der Waals surface area contributed by atoms with Gasteiger partial charge in [-0.2, -0.15) is 0 Å². The SMILES string of the molecule is CC(C)(C)OC(=O)NCCOCCOCC#Cc1cnc2[nH]c3ccccc3c2c1. The highest BCUT2D eigenvalue weighted by Crippen LogP contribution is 2.24. The van der Waals surface area contributed by atoms with Crippen LogP contribution in [0.25, 0.3) is 21.9 Å². The van der Waals surface area contributed by atoms with E-state index in [0.717, 1.165) is 27.5 Å². The third-order valence-corrected chi connectivity index (χ3v) is 4.05. The Labute approximate surface area is 176 Å². The molecule has 7 nitrogen and oxygen atoms in total. The van der Waals surface area contributed by atoms with Gasteiger partial charge in [0.15, 0.2) is 0 Å². The molecule has 0 radical (unpaired) electrons. The van der Waals surface area contributed by atoms with E-state index in [1.807, 2.05) is 45.0 Å². The quantitative estimate of drug-likeness (QED) is 0.460. The van der Waals surface area contributed by atoms with E-state index >= 15 is 0 Å². The Hall–Kier alpha value is -3.08. The average molecular weight is 409 g/mol. The molecule has 0 aliphatic rings. The summed E-state index contributed by atoms with van der Waals surface area (Å²) < 4.78 is 16.0. The normalized spacial score (nSPS) is 11.3. The fraction of sp³-hybridized carbons (Fsp3) is 0.391. The average Bonchev–Trinajstić information content (AvgIpc) is 3.06. The lowest BCUT2D eigenvalue weighted by Gasteiger charge is -2.19. The lowest BCUT2D eigenvalue weighted by molar-refractivity contribution is 0.0443. The van der Waals surface area contributed by atoms with Crippen molar-refractivity contribution in [2.75, 3.05) is 33.0 Å². The monoisotopic (exact) mass is 409 g/mol. The van der Waals surface area contributed by atoms with Gasteiger partial charge in [0.25, 0.3) is 0 Å². The number of fused-ring (bicyclic) bond motifs is 3. The van der Waals surface area contributed by atoms with Crippen LogP contribution in [0.3, 0.4) is 0 Å². The molecule has 2 heterocycles. The summed E-state index contributed by atoms with van der Waals surface area (Å²) in [5, 5.41) is 4.83. The van der Waals surface area contributed by atoms with Crippen LogP contribution in [0.5, 0.6) is 0 Å². The molecule has 3 rings (SSSR count). The molecule has 0 aliphatic carbocycles. The van der Waals surface area contributed by atoms with Crippen molar-refractivity contribution in [3.05, 3.63) is 42.1 Å². The van der Waals surface area contributed by atoms with Crippen LogP contribution in [0, 0.1) is 11.8 Å². The van der Waals surface area contributed by atoms with Gasteiger partial charge in [-0.1, -0.05) is 30.0 Å². The number of aromatic nitrogens is 2. The molecule has 0 atom stereocenters. The van der Waals surface area contributed by atoms with E-state index in [0.29, 0.717) is 33.0 Å². The molecule has 0 fully saturated rings. The first-order chi connectivity index (χ1) is 14.4. The number of carbonyl (C=O) groups is 1. The predicted octanol–water partition coefficient (Wildman–Crippen LogP) is 3.63. The lowest BCUT2D eigenvalue weighted by atomic mass is 10.1. The first-order valence-electron chi connectivity index (χ1n) is 9.90. The zero-order valence-electron chi connectivity index (χ0n) is 17.6. The minimum Gasteiger partial charge on any atom is -0.444 e. The van der Waals surface area contributed by atoms with Crippen LogP contribution in [0.2, 0.25) is 0 Å². The molecule has 158 valence electrons. The number of pyridine rings is 1. The van der Waals surface area contributed by atoms with Gasteiger partial charge in [0, 0.05) is 34.6 Å². The molecular formula is C23H27N3O4. The fourth-order valence-corrected chi connectivity index (χ4v) is 2.81. The molecule has 30 heavy (non-hydrogen) atoms. The standard InChI is InChI=1S/C23H27N3O4/c1-23(2,3)30-22(27)24-10-12-29-14-13-28-11-6-7-17-15-19-18-8-4-5-9-20(18)26-21(19)25-16-17/h4-5,8-9,15-16H,10-14H2,1-3H3,(H,24,27)(H,25,26). The summed E-state index contributed by atoms with van der Waals surface area (Å²) in [5.41, 5.74) is 2.27. The smallest absolute Gasteiger partial charge is 0.407 e. The number of amides is 1. The van der Waals surface area contributed by atoms with Crippen molar-refractivity contribution in [2.24, 2.45) is 0 Å². The Kier molecular flexibility index (Phi) is 7.28. The van der Waals surface area contributed by atoms with E-state index < -0.39 is 11.7 Å². The van der Waals surface area contributed by atoms with Gasteiger partial charge in [-0.3, -0.25) is 0 Å². The number of hydrogen-bond donors (Lipinski definition) is 2. The first-order valence-corrected chi connectivity index (χ1v) is 9.90. The minimum absolute atomic E-state index is 0.311. The number of nitrogens with one attached hydrogen (secondary N) is 2. The highest BCUT2D eigenvalue weighted by atomic mass is 16.6. The second-order valence-corrected chi connectivity index (χ2v) is 7.69. The minimum atomic E-state index is -0.503. The highest BCUT2D eigenvalue weighted by molar-refractivity contribution is 6.06. The molecule has 2 aromatic heterocycles. The lowest BCUT2D eigenvalue weighted by Crippen LogP contribution is -2.34. The molecule has 0 saturated heterocycles. The number of carbonyl (C=O) groups excluding carboxylic acids is 1. The molecule has 0 bridgehead atoms. The first kappa shape index (κ1) is 21.6. The maximum atomic E-state index is 11.5. The van der Waals surface area contributed by atoms with Crippen molar-refractivity contribution in [2.45, 2.75) is 26.4 Å². The third-order valence-electron chi connectivity index (χ3n) is 4.05. The number of ether oxygens (including phenoxy) is 3. The predicted molar refractivity (Wildman–Crippen MR) is 116 cm³/mol. The van der Waals surface area contributed by atoms with Crippen LogP contribution >= 0.6 is 0 Å². The molecule has 1 aromatic carbocycles. The number of aromatic amines is 1. The Balaban J connectivity index is 1.33. The Morgan fingerprint density at radius 2 is 1.93 bits per heavy atom. The Bertz CT molecular complexity index is 1060. The van der Waals surface area contributed by atoms with Crippen molar-refractivity contribution in [1.82, 2.24) is 15.3 Å². The van der Waals surface area contributed by atoms with Crippen molar-refractivity contribution in [3.63, 3.8) is 0 Å². The van der Waals surface area contributed by atoms with Gasteiger partial charge in [-0.25, -0.2) is 9.78 Å². The van der Waals surface area contributed by atoms with Gasteiger partial charge in [0.05, 0.1) is 19.8 Å². The van der Waals surface area contributed by atoms with E-state index in [4.69, 9.17) is 14.2 Å². The summed E-state index contributed by atoms with van der Waals surface area (Å²) in [4.78, 5) is 19.2. The van der Waals surface area contributed by atoms with Crippen LogP contribution in [-0.4, -0.2) is 54.6 Å². The number of rotatable bonds is 7. The molecule has 0 saturated carbocycles. The molecule has 3 aromatic rings. The van der Waals surface area contributed by atoms with E-state index in [9.17, 15) is 4.79 Å². The van der Waals surface area contributed by atoms with Crippen LogP contribution in [0.1, 0.15) is 26.3 Å². The fourth-order valence-electron chi connectivity index (χ4n) is 2.81. The van der Waals surface area contributed by atoms with E-state index in [1.54, 1.807) is 6.20 Å². The number of nitrogens with zero attached hydrogens (tertiary/aromatic N) is 1. The molecule has 1 amide bonds. The van der Waals surface area contributed by atoms with Gasteiger partial charge in [0.1, 0.15) is 17.9 Å². The highest BCUT2D eigenvalue weighted by Gasteiger charge is 2.15. The second-order valence-electron chi connectivity index (χ2n) is 7.69. The van der Waals surface area contributed by atoms with Crippen LogP contribution in [0.15, 0.2) is 36.5 Å². The van der Waals surface area contributed by atoms with Gasteiger partial charge in [-0.05, 0) is 32.9 Å². The van der Waals surface area contributed by atoms with E-state index in [-0.39, 0.29) is 0 Å². The van der Waals surface area contributed by atoms with Crippen LogP contribution in [0.4, 0.5) is 4.79 Å². The molecule has 0 unspecified atom stereocenters. The van der Waals surface area contributed by atoms with Crippen LogP contribution in [-0.2, 0) is 14.2 Å². The summed E-state index contributed by atoms with van der Waals surface area (Å²) in [6, 6.07) is 10.1. The van der Waals surface area contributed by atoms with E-state index in [1.165, 1.54) is 0 Å². The number of alkyl carbamates (subject to hydrolysis) is 1. The van der Waals surface area contributed by atoms with Gasteiger partial charge >= 0.3 is 6.09 Å². The molecule has 2 N–H and O–H groups in total. The topological polar surface area (TPSA) is 85.5 Å². The largest absolute Gasteiger partial charge is 0.444 e. The number of hydrogen-bond acceptors (Lipinski definition) is 5. The summed E-state index contributed by atoms with van der Waals surface area (Å²) in [6.07, 6.45) is 1.31. The van der Waals surface area contributed by atoms with Crippen molar-refractivity contribution in [1.29, 1.82) is 0 Å². The summed E-state index contributed by atoms with van der Waals surface area (Å²) in [7, 11) is 0. The van der Waals surface area contributed by atoms with Crippen molar-refractivity contribution >= 4 is 28.0 Å². The van der Waals surface area contributed by atoms with Crippen LogP contribution < -0.4 is 5.32 Å². The van der Waals surface area contributed by atoms with Gasteiger partial charge in [0.2, 0.25) is 0 Å². The Morgan fingerprint density at radius 3 is 2.77 bits per heavy atom. The maximum Gasteiger partial charge on any atom is 0.407 e. The zero-order valence-corrected chi connectivity index (χ0v) is 17.6. The Morgan fingerprint density at radius 1 is 1.13 bits per heavy atom. The number of para-hydroxylation sites is 1. The zero-order chi connectivity index (χ0) is 21.4. The molecule has 0 aliphatic heterocycles. The molecule has 7 heteroatoms. The maximum absolute atomic E-state index is 11.5. The van der Waals surface area contributed by atoms with Gasteiger partial charge < -0.3 is 24.5 Å². The number of H-pyrrole nitrogens is 1. The second kappa shape index (κ2) is 10.1. The number of benzene rings is 1. The van der Waals surface area contributed by atoms with Gasteiger partial charge in [-0.15, -0.1) is 0 Å². The van der Waals surface area contributed by atoms with Crippen molar-refractivity contribution in [3.8, 4) is 11.8 Å².